The summed E-state index contributed by atoms with van der Waals surface area (Å²) >= 11 is 0. The maximum absolute atomic E-state index is 11.6. The molecular weight excluding hydrogens is 352 g/mol. The van der Waals surface area contributed by atoms with Gasteiger partial charge in [0.2, 0.25) is 5.91 Å². The van der Waals surface area contributed by atoms with Crippen molar-refractivity contribution in [2.24, 2.45) is 4.99 Å². The van der Waals surface area contributed by atoms with Gasteiger partial charge in [-0.15, -0.1) is 0 Å². The minimum atomic E-state index is -3.17. The SMILES string of the molecule is CCNC(=NCc1ccc(S(C)(=O)=O)cc1)NCCCN1CCCC1=O. The molecule has 0 aromatic heterocycles. The molecule has 0 unspecified atom stereocenters. The van der Waals surface area contributed by atoms with Crippen LogP contribution in [-0.2, 0) is 21.2 Å². The van der Waals surface area contributed by atoms with E-state index >= 15 is 0 Å². The summed E-state index contributed by atoms with van der Waals surface area (Å²) in [6.07, 6.45) is 3.71. The summed E-state index contributed by atoms with van der Waals surface area (Å²) in [5.74, 6) is 0.968. The standard InChI is InChI=1S/C18H28N4O3S/c1-3-19-18(20-11-5-13-22-12-4-6-17(22)23)21-14-15-7-9-16(10-8-15)26(2,24)25/h7-10H,3-6,11-14H2,1-2H3,(H2,19,20,21). The van der Waals surface area contributed by atoms with Crippen LogP contribution in [-0.4, -0.2) is 57.6 Å². The minimum Gasteiger partial charge on any atom is -0.357 e. The lowest BCUT2D eigenvalue weighted by atomic mass is 10.2. The van der Waals surface area contributed by atoms with E-state index in [2.05, 4.69) is 15.6 Å². The second-order valence-electron chi connectivity index (χ2n) is 6.38. The monoisotopic (exact) mass is 380 g/mol. The first-order valence-corrected chi connectivity index (χ1v) is 10.9. The van der Waals surface area contributed by atoms with Crippen molar-refractivity contribution in [3.63, 3.8) is 0 Å². The number of benzene rings is 1. The van der Waals surface area contributed by atoms with Crippen molar-refractivity contribution < 1.29 is 13.2 Å². The Balaban J connectivity index is 1.82. The Morgan fingerprint density at radius 2 is 1.96 bits per heavy atom. The van der Waals surface area contributed by atoms with Gasteiger partial charge in [0.15, 0.2) is 15.8 Å². The maximum atomic E-state index is 11.6. The topological polar surface area (TPSA) is 90.9 Å². The van der Waals surface area contributed by atoms with Crippen LogP contribution in [0.25, 0.3) is 0 Å². The van der Waals surface area contributed by atoms with E-state index in [1.54, 1.807) is 24.3 Å². The molecule has 144 valence electrons. The highest BCUT2D eigenvalue weighted by molar-refractivity contribution is 7.90. The fraction of sp³-hybridized carbons (Fsp3) is 0.556. The number of guanidine groups is 1. The van der Waals surface area contributed by atoms with Gasteiger partial charge in [0.05, 0.1) is 11.4 Å². The number of carbonyl (C=O) groups excluding carboxylic acids is 1. The molecule has 1 aliphatic rings. The summed E-state index contributed by atoms with van der Waals surface area (Å²) in [4.78, 5) is 18.3. The van der Waals surface area contributed by atoms with Crippen molar-refractivity contribution in [1.29, 1.82) is 0 Å². The molecule has 1 saturated heterocycles. The Hall–Kier alpha value is -2.09. The van der Waals surface area contributed by atoms with Crippen LogP contribution in [0, 0.1) is 0 Å². The largest absolute Gasteiger partial charge is 0.357 e. The van der Waals surface area contributed by atoms with Crippen molar-refractivity contribution in [3.05, 3.63) is 29.8 Å². The molecule has 1 aliphatic heterocycles. The van der Waals surface area contributed by atoms with Gasteiger partial charge in [-0.05, 0) is 37.5 Å². The fourth-order valence-electron chi connectivity index (χ4n) is 2.77. The number of rotatable bonds is 8. The molecule has 1 amide bonds. The van der Waals surface area contributed by atoms with Crippen molar-refractivity contribution in [2.45, 2.75) is 37.6 Å². The predicted octanol–water partition coefficient (Wildman–Crippen LogP) is 1.16. The molecule has 0 spiro atoms. The predicted molar refractivity (Wildman–Crippen MR) is 103 cm³/mol. The molecule has 0 radical (unpaired) electrons. The van der Waals surface area contributed by atoms with Crippen molar-refractivity contribution in [2.75, 3.05) is 32.4 Å². The highest BCUT2D eigenvalue weighted by atomic mass is 32.2. The number of hydrogen-bond donors (Lipinski definition) is 2. The van der Waals surface area contributed by atoms with Crippen molar-refractivity contribution >= 4 is 21.7 Å². The summed E-state index contributed by atoms with van der Waals surface area (Å²) in [7, 11) is -3.17. The van der Waals surface area contributed by atoms with Crippen LogP contribution >= 0.6 is 0 Å². The zero-order valence-corrected chi connectivity index (χ0v) is 16.3. The number of nitrogens with one attached hydrogen (secondary N) is 2. The molecule has 1 fully saturated rings. The lowest BCUT2D eigenvalue weighted by Crippen LogP contribution is -2.39. The van der Waals surface area contributed by atoms with E-state index in [-0.39, 0.29) is 5.91 Å². The van der Waals surface area contributed by atoms with Gasteiger partial charge in [0.1, 0.15) is 0 Å². The van der Waals surface area contributed by atoms with Crippen molar-refractivity contribution in [3.8, 4) is 0 Å². The van der Waals surface area contributed by atoms with E-state index < -0.39 is 9.84 Å². The minimum absolute atomic E-state index is 0.253. The molecule has 0 atom stereocenters. The van der Waals surface area contributed by atoms with Gasteiger partial charge in [-0.25, -0.2) is 13.4 Å². The van der Waals surface area contributed by atoms with Gasteiger partial charge >= 0.3 is 0 Å². The third-order valence-corrected chi connectivity index (χ3v) is 5.31. The highest BCUT2D eigenvalue weighted by Gasteiger charge is 2.18. The summed E-state index contributed by atoms with van der Waals surface area (Å²) in [5, 5.41) is 6.46. The third-order valence-electron chi connectivity index (χ3n) is 4.18. The average Bonchev–Trinajstić information content (AvgIpc) is 3.01. The number of nitrogens with zero attached hydrogens (tertiary/aromatic N) is 2. The first-order chi connectivity index (χ1) is 12.4. The number of hydrogen-bond acceptors (Lipinski definition) is 4. The van der Waals surface area contributed by atoms with Gasteiger partial charge in [0.25, 0.3) is 0 Å². The molecule has 2 N–H and O–H groups in total. The maximum Gasteiger partial charge on any atom is 0.222 e. The van der Waals surface area contributed by atoms with Crippen LogP contribution in [0.5, 0.6) is 0 Å². The summed E-state index contributed by atoms with van der Waals surface area (Å²) < 4.78 is 23.0. The molecule has 26 heavy (non-hydrogen) atoms. The fourth-order valence-corrected chi connectivity index (χ4v) is 3.40. The average molecular weight is 381 g/mol. The lowest BCUT2D eigenvalue weighted by Gasteiger charge is -2.16. The molecule has 1 aromatic carbocycles. The van der Waals surface area contributed by atoms with Gasteiger partial charge in [-0.3, -0.25) is 4.79 Å². The molecule has 8 heteroatoms. The second-order valence-corrected chi connectivity index (χ2v) is 8.39. The van der Waals surface area contributed by atoms with Gasteiger partial charge in [0, 0.05) is 38.9 Å². The van der Waals surface area contributed by atoms with Crippen LogP contribution in [0.15, 0.2) is 34.2 Å². The third kappa shape index (κ3) is 6.33. The van der Waals surface area contributed by atoms with Crippen LogP contribution in [0.2, 0.25) is 0 Å². The van der Waals surface area contributed by atoms with Crippen LogP contribution in [0.1, 0.15) is 31.7 Å². The second kappa shape index (κ2) is 9.56. The molecule has 0 aliphatic carbocycles. The molecule has 1 aromatic rings. The summed E-state index contributed by atoms with van der Waals surface area (Å²) in [6, 6.07) is 6.77. The van der Waals surface area contributed by atoms with Gasteiger partial charge in [-0.1, -0.05) is 12.1 Å². The van der Waals surface area contributed by atoms with E-state index in [0.717, 1.165) is 44.6 Å². The van der Waals surface area contributed by atoms with Gasteiger partial charge < -0.3 is 15.5 Å². The molecular formula is C18H28N4O3S. The van der Waals surface area contributed by atoms with Gasteiger partial charge in [-0.2, -0.15) is 0 Å². The van der Waals surface area contributed by atoms with E-state index in [1.165, 1.54) is 6.26 Å². The Labute approximate surface area is 155 Å². The van der Waals surface area contributed by atoms with Crippen LogP contribution in [0.4, 0.5) is 0 Å². The molecule has 0 bridgehead atoms. The van der Waals surface area contributed by atoms with Crippen LogP contribution in [0.3, 0.4) is 0 Å². The zero-order chi connectivity index (χ0) is 19.0. The number of sulfone groups is 1. The van der Waals surface area contributed by atoms with E-state index in [4.69, 9.17) is 0 Å². The quantitative estimate of drug-likeness (QED) is 0.401. The number of carbonyl (C=O) groups is 1. The Morgan fingerprint density at radius 3 is 2.54 bits per heavy atom. The normalized spacial score (nSPS) is 15.4. The Bertz CT molecular complexity index is 729. The van der Waals surface area contributed by atoms with E-state index in [0.29, 0.717) is 23.8 Å². The Morgan fingerprint density at radius 1 is 1.23 bits per heavy atom. The molecule has 2 rings (SSSR count). The lowest BCUT2D eigenvalue weighted by molar-refractivity contribution is -0.127. The Kier molecular flexibility index (Phi) is 7.44. The van der Waals surface area contributed by atoms with E-state index in [1.807, 2.05) is 11.8 Å². The molecule has 1 heterocycles. The van der Waals surface area contributed by atoms with E-state index in [9.17, 15) is 13.2 Å². The highest BCUT2D eigenvalue weighted by Crippen LogP contribution is 2.11. The number of likely N-dealkylation sites (tertiary alicyclic amines) is 1. The summed E-state index contributed by atoms with van der Waals surface area (Å²) in [5.41, 5.74) is 0.942. The first kappa shape index (κ1) is 20.2. The number of amides is 1. The molecule has 0 saturated carbocycles. The molecule has 7 nitrogen and oxygen atoms in total. The zero-order valence-electron chi connectivity index (χ0n) is 15.5. The van der Waals surface area contributed by atoms with Crippen LogP contribution < -0.4 is 10.6 Å². The van der Waals surface area contributed by atoms with Crippen molar-refractivity contribution in [1.82, 2.24) is 15.5 Å². The number of aliphatic imine (C=N–C) groups is 1. The summed E-state index contributed by atoms with van der Waals surface area (Å²) in [6.45, 7) is 5.60. The smallest absolute Gasteiger partial charge is 0.222 e. The first-order valence-electron chi connectivity index (χ1n) is 8.99.